The smallest absolute Gasteiger partial charge is 0.159 e. The van der Waals surface area contributed by atoms with E-state index in [-0.39, 0.29) is 0 Å². The Balaban J connectivity index is 1.20. The molecule has 0 unspecified atom stereocenters. The molecule has 0 saturated heterocycles. The van der Waals surface area contributed by atoms with Gasteiger partial charge in [0.05, 0.1) is 5.69 Å². The van der Waals surface area contributed by atoms with Gasteiger partial charge >= 0.3 is 0 Å². The minimum absolute atomic E-state index is 0.551. The van der Waals surface area contributed by atoms with E-state index in [2.05, 4.69) is 45.3 Å². The molecule has 1 aliphatic heterocycles. The fourth-order valence-electron chi connectivity index (χ4n) is 4.72. The van der Waals surface area contributed by atoms with Gasteiger partial charge < -0.3 is 15.5 Å². The van der Waals surface area contributed by atoms with Gasteiger partial charge in [-0.2, -0.15) is 0 Å². The summed E-state index contributed by atoms with van der Waals surface area (Å²) in [5.41, 5.74) is 13.4. The lowest BCUT2D eigenvalue weighted by atomic mass is 10.1. The second-order valence-corrected chi connectivity index (χ2v) is 9.02. The average Bonchev–Trinajstić information content (AvgIpc) is 3.31. The molecule has 0 bridgehead atoms. The minimum atomic E-state index is 0.551. The molecular formula is C29H27N5O. The van der Waals surface area contributed by atoms with E-state index in [4.69, 9.17) is 15.5 Å². The first-order chi connectivity index (χ1) is 17.2. The number of aromatic amines is 1. The molecule has 0 radical (unpaired) electrons. The zero-order valence-electron chi connectivity index (χ0n) is 19.4. The number of benzene rings is 3. The highest BCUT2D eigenvalue weighted by Gasteiger charge is 2.21. The number of fused-ring (bicyclic) bond motifs is 2. The van der Waals surface area contributed by atoms with E-state index in [0.29, 0.717) is 6.61 Å². The summed E-state index contributed by atoms with van der Waals surface area (Å²) in [5, 5.41) is 1.16. The largest absolute Gasteiger partial charge is 0.488 e. The molecule has 174 valence electrons. The van der Waals surface area contributed by atoms with E-state index in [1.54, 1.807) is 0 Å². The summed E-state index contributed by atoms with van der Waals surface area (Å²) in [7, 11) is 0. The van der Waals surface area contributed by atoms with Gasteiger partial charge in [0.15, 0.2) is 5.82 Å². The summed E-state index contributed by atoms with van der Waals surface area (Å²) < 4.78 is 6.25. The molecule has 5 aromatic rings. The molecule has 1 aliphatic rings. The van der Waals surface area contributed by atoms with Gasteiger partial charge in [0.25, 0.3) is 0 Å². The van der Waals surface area contributed by atoms with Crippen LogP contribution in [0.15, 0.2) is 85.2 Å². The topological polar surface area (TPSA) is 80.1 Å². The molecule has 0 aliphatic carbocycles. The number of hydrogen-bond acceptors (Lipinski definition) is 5. The molecule has 3 N–H and O–H groups in total. The second-order valence-electron chi connectivity index (χ2n) is 9.02. The van der Waals surface area contributed by atoms with E-state index in [1.807, 2.05) is 54.7 Å². The second kappa shape index (κ2) is 9.24. The van der Waals surface area contributed by atoms with Crippen LogP contribution in [0.25, 0.3) is 22.3 Å². The number of nitrogens with two attached hydrogens (primary N) is 1. The molecule has 35 heavy (non-hydrogen) atoms. The standard InChI is InChI=1S/C29H27N5O/c30-24-11-9-21(10-12-24)29-32-15-22-17-34(14-13-25(22)33-29)18-23-16-31-26-7-4-8-27(28(23)26)35-19-20-5-2-1-3-6-20/h1-12,15-16,31H,13-14,17-19,30H2. The van der Waals surface area contributed by atoms with E-state index in [9.17, 15) is 0 Å². The van der Waals surface area contributed by atoms with Crippen molar-refractivity contribution in [3.05, 3.63) is 108 Å². The van der Waals surface area contributed by atoms with Crippen LogP contribution < -0.4 is 10.5 Å². The zero-order chi connectivity index (χ0) is 23.6. The fourth-order valence-corrected chi connectivity index (χ4v) is 4.72. The number of hydrogen-bond donors (Lipinski definition) is 2. The van der Waals surface area contributed by atoms with Crippen molar-refractivity contribution < 1.29 is 4.74 Å². The van der Waals surface area contributed by atoms with Crippen molar-refractivity contribution in [1.29, 1.82) is 0 Å². The lowest BCUT2D eigenvalue weighted by Crippen LogP contribution is -2.30. The molecule has 2 aromatic heterocycles. The van der Waals surface area contributed by atoms with Gasteiger partial charge in [-0.1, -0.05) is 36.4 Å². The summed E-state index contributed by atoms with van der Waals surface area (Å²) >= 11 is 0. The summed E-state index contributed by atoms with van der Waals surface area (Å²) in [6, 6.07) is 24.2. The monoisotopic (exact) mass is 461 g/mol. The van der Waals surface area contributed by atoms with E-state index in [1.165, 1.54) is 11.1 Å². The van der Waals surface area contributed by atoms with Crippen LogP contribution in [0.1, 0.15) is 22.4 Å². The van der Waals surface area contributed by atoms with Crippen molar-refractivity contribution in [2.75, 3.05) is 12.3 Å². The van der Waals surface area contributed by atoms with Gasteiger partial charge in [0, 0.05) is 66.2 Å². The quantitative estimate of drug-likeness (QED) is 0.334. The Kier molecular flexibility index (Phi) is 5.64. The van der Waals surface area contributed by atoms with Crippen LogP contribution in [0.4, 0.5) is 5.69 Å². The number of rotatable bonds is 6. The Hall–Kier alpha value is -4.16. The Morgan fingerprint density at radius 2 is 1.83 bits per heavy atom. The maximum Gasteiger partial charge on any atom is 0.159 e. The predicted octanol–water partition coefficient (Wildman–Crippen LogP) is 5.34. The molecule has 6 heteroatoms. The van der Waals surface area contributed by atoms with Crippen molar-refractivity contribution in [1.82, 2.24) is 19.9 Å². The van der Waals surface area contributed by atoms with Crippen LogP contribution in [0.5, 0.6) is 5.75 Å². The van der Waals surface area contributed by atoms with Crippen LogP contribution >= 0.6 is 0 Å². The Morgan fingerprint density at radius 3 is 2.69 bits per heavy atom. The average molecular weight is 462 g/mol. The van der Waals surface area contributed by atoms with Crippen molar-refractivity contribution in [2.24, 2.45) is 0 Å². The predicted molar refractivity (Wildman–Crippen MR) is 139 cm³/mol. The third kappa shape index (κ3) is 4.48. The highest BCUT2D eigenvalue weighted by Crippen LogP contribution is 2.31. The number of aromatic nitrogens is 3. The van der Waals surface area contributed by atoms with E-state index >= 15 is 0 Å². The number of ether oxygens (including phenoxy) is 1. The van der Waals surface area contributed by atoms with Gasteiger partial charge in [-0.3, -0.25) is 4.90 Å². The van der Waals surface area contributed by atoms with Crippen LogP contribution in [-0.2, 0) is 26.1 Å². The first-order valence-corrected chi connectivity index (χ1v) is 11.9. The van der Waals surface area contributed by atoms with Gasteiger partial charge in [0.2, 0.25) is 0 Å². The van der Waals surface area contributed by atoms with Gasteiger partial charge in [-0.05, 0) is 47.5 Å². The highest BCUT2D eigenvalue weighted by atomic mass is 16.5. The molecule has 0 amide bonds. The molecule has 6 rings (SSSR count). The SMILES string of the molecule is Nc1ccc(-c2ncc3c(n2)CCN(Cc2c[nH]c4cccc(OCc5ccccc5)c24)C3)cc1. The highest BCUT2D eigenvalue weighted by molar-refractivity contribution is 5.89. The first kappa shape index (κ1) is 21.4. The van der Waals surface area contributed by atoms with Gasteiger partial charge in [0.1, 0.15) is 12.4 Å². The fraction of sp³-hybridized carbons (Fsp3) is 0.172. The van der Waals surface area contributed by atoms with Crippen molar-refractivity contribution in [3.63, 3.8) is 0 Å². The molecule has 6 nitrogen and oxygen atoms in total. The summed E-state index contributed by atoms with van der Waals surface area (Å²) in [5.74, 6) is 1.67. The molecular weight excluding hydrogens is 434 g/mol. The van der Waals surface area contributed by atoms with Crippen molar-refractivity contribution in [2.45, 2.75) is 26.1 Å². The van der Waals surface area contributed by atoms with Gasteiger partial charge in [-0.15, -0.1) is 0 Å². The Bertz CT molecular complexity index is 1460. The zero-order valence-corrected chi connectivity index (χ0v) is 19.4. The Morgan fingerprint density at radius 1 is 0.971 bits per heavy atom. The summed E-state index contributed by atoms with van der Waals surface area (Å²) in [6.45, 7) is 3.17. The van der Waals surface area contributed by atoms with Crippen LogP contribution in [0, 0.1) is 0 Å². The maximum atomic E-state index is 6.25. The van der Waals surface area contributed by atoms with E-state index in [0.717, 1.165) is 71.0 Å². The number of nitrogens with one attached hydrogen (secondary N) is 1. The number of nitrogen functional groups attached to an aromatic ring is 1. The van der Waals surface area contributed by atoms with Crippen molar-refractivity contribution >= 4 is 16.6 Å². The normalized spacial score (nSPS) is 13.6. The molecule has 0 saturated carbocycles. The van der Waals surface area contributed by atoms with Crippen LogP contribution in [0.3, 0.4) is 0 Å². The van der Waals surface area contributed by atoms with Crippen LogP contribution in [-0.4, -0.2) is 26.4 Å². The van der Waals surface area contributed by atoms with Gasteiger partial charge in [-0.25, -0.2) is 9.97 Å². The third-order valence-electron chi connectivity index (χ3n) is 6.56. The molecule has 0 spiro atoms. The number of anilines is 1. The molecule has 3 heterocycles. The lowest BCUT2D eigenvalue weighted by molar-refractivity contribution is 0.243. The number of nitrogens with zero attached hydrogens (tertiary/aromatic N) is 3. The first-order valence-electron chi connectivity index (χ1n) is 11.9. The summed E-state index contributed by atoms with van der Waals surface area (Å²) in [6.07, 6.45) is 4.99. The molecule has 3 aromatic carbocycles. The summed E-state index contributed by atoms with van der Waals surface area (Å²) in [4.78, 5) is 15.4. The Labute approximate surface area is 204 Å². The molecule has 0 atom stereocenters. The minimum Gasteiger partial charge on any atom is -0.488 e. The third-order valence-corrected chi connectivity index (χ3v) is 6.56. The van der Waals surface area contributed by atoms with E-state index < -0.39 is 0 Å². The lowest BCUT2D eigenvalue weighted by Gasteiger charge is -2.28. The van der Waals surface area contributed by atoms with Crippen LogP contribution in [0.2, 0.25) is 0 Å². The maximum absolute atomic E-state index is 6.25. The number of H-pyrrole nitrogens is 1. The molecule has 0 fully saturated rings. The van der Waals surface area contributed by atoms with Crippen molar-refractivity contribution in [3.8, 4) is 17.1 Å².